The van der Waals surface area contributed by atoms with Crippen LogP contribution in [0.2, 0.25) is 0 Å². The minimum absolute atomic E-state index is 0.0328. The molecule has 7 heteroatoms. The lowest BCUT2D eigenvalue weighted by atomic mass is 9.69. The second-order valence-electron chi connectivity index (χ2n) is 8.57. The fourth-order valence-corrected chi connectivity index (χ4v) is 4.02. The average Bonchev–Trinajstić information content (AvgIpc) is 2.99. The Bertz CT molecular complexity index is 1020. The van der Waals surface area contributed by atoms with Gasteiger partial charge in [0, 0.05) is 12.5 Å². The Morgan fingerprint density at radius 1 is 1.25 bits per heavy atom. The predicted molar refractivity (Wildman–Crippen MR) is 114 cm³/mol. The summed E-state index contributed by atoms with van der Waals surface area (Å²) in [6.45, 7) is 5.94. The highest BCUT2D eigenvalue weighted by Crippen LogP contribution is 2.45. The van der Waals surface area contributed by atoms with E-state index in [0.29, 0.717) is 6.07 Å². The standard InChI is InChI=1S/C25H26F2O5/c1-15(2)5-4-6-16(3)11-22-25(14-23(29)32-22)13-18(8-10-21(25)28)31-24(30)19-9-7-17(26)12-20(19)27/h5,7-12,18,22H,4,6,13-14H2,1-3H3/b16-11+/t18-,22-,25?/m1/s1. The summed E-state index contributed by atoms with van der Waals surface area (Å²) in [5.74, 6) is -3.59. The SMILES string of the molecule is CC(C)=CCC/C(C)=C/[C@H]1OC(=O)CC12C[C@H](OC(=O)c1ccc(F)cc1F)C=CC2=O. The summed E-state index contributed by atoms with van der Waals surface area (Å²) in [6, 6.07) is 2.56. The Labute approximate surface area is 185 Å². The molecule has 0 aromatic heterocycles. The molecule has 1 aromatic carbocycles. The summed E-state index contributed by atoms with van der Waals surface area (Å²) in [6.07, 6.45) is 6.44. The number of esters is 2. The molecule has 1 saturated heterocycles. The molecule has 0 radical (unpaired) electrons. The van der Waals surface area contributed by atoms with E-state index in [1.165, 1.54) is 17.7 Å². The summed E-state index contributed by atoms with van der Waals surface area (Å²) in [7, 11) is 0. The van der Waals surface area contributed by atoms with Crippen LogP contribution in [0.1, 0.15) is 56.8 Å². The summed E-state index contributed by atoms with van der Waals surface area (Å²) >= 11 is 0. The molecule has 2 aliphatic rings. The molecule has 3 atom stereocenters. The van der Waals surface area contributed by atoms with E-state index in [1.807, 2.05) is 20.8 Å². The number of hydrogen-bond acceptors (Lipinski definition) is 5. The van der Waals surface area contributed by atoms with Gasteiger partial charge in [-0.25, -0.2) is 13.6 Å². The molecule has 170 valence electrons. The van der Waals surface area contributed by atoms with Crippen LogP contribution in [-0.2, 0) is 19.1 Å². The zero-order chi connectivity index (χ0) is 23.5. The maximum Gasteiger partial charge on any atom is 0.341 e. The normalized spacial score (nSPS) is 25.1. The van der Waals surface area contributed by atoms with Crippen LogP contribution in [0.5, 0.6) is 0 Å². The Balaban J connectivity index is 1.78. The summed E-state index contributed by atoms with van der Waals surface area (Å²) in [5, 5.41) is 0. The second-order valence-corrected chi connectivity index (χ2v) is 8.57. The number of hydrogen-bond donors (Lipinski definition) is 0. The number of benzene rings is 1. The fraction of sp³-hybridized carbons (Fsp3) is 0.400. The van der Waals surface area contributed by atoms with Gasteiger partial charge >= 0.3 is 11.9 Å². The van der Waals surface area contributed by atoms with E-state index >= 15 is 0 Å². The molecule has 1 aromatic rings. The average molecular weight is 444 g/mol. The third-order valence-corrected chi connectivity index (χ3v) is 5.72. The minimum atomic E-state index is -1.18. The largest absolute Gasteiger partial charge is 0.457 e. The number of carbonyl (C=O) groups excluding carboxylic acids is 3. The molecule has 1 aliphatic carbocycles. The van der Waals surface area contributed by atoms with E-state index < -0.39 is 46.8 Å². The Hall–Kier alpha value is -3.09. The highest BCUT2D eigenvalue weighted by molar-refractivity contribution is 6.00. The van der Waals surface area contributed by atoms with Crippen molar-refractivity contribution in [2.24, 2.45) is 5.41 Å². The van der Waals surface area contributed by atoms with Gasteiger partial charge in [-0.05, 0) is 64.0 Å². The first-order chi connectivity index (χ1) is 15.1. The van der Waals surface area contributed by atoms with Gasteiger partial charge in [-0.15, -0.1) is 0 Å². The zero-order valence-electron chi connectivity index (χ0n) is 18.3. The van der Waals surface area contributed by atoms with Crippen molar-refractivity contribution >= 4 is 17.7 Å². The molecule has 3 rings (SSSR count). The van der Waals surface area contributed by atoms with Gasteiger partial charge in [-0.1, -0.05) is 17.2 Å². The Kier molecular flexibility index (Phi) is 7.06. The highest BCUT2D eigenvalue weighted by atomic mass is 19.1. The van der Waals surface area contributed by atoms with Gasteiger partial charge in [0.2, 0.25) is 0 Å². The predicted octanol–water partition coefficient (Wildman–Crippen LogP) is 5.01. The van der Waals surface area contributed by atoms with E-state index in [9.17, 15) is 23.2 Å². The zero-order valence-corrected chi connectivity index (χ0v) is 18.3. The molecule has 1 fully saturated rings. The highest BCUT2D eigenvalue weighted by Gasteiger charge is 2.55. The summed E-state index contributed by atoms with van der Waals surface area (Å²) < 4.78 is 37.9. The summed E-state index contributed by atoms with van der Waals surface area (Å²) in [4.78, 5) is 37.4. The Morgan fingerprint density at radius 2 is 2.00 bits per heavy atom. The van der Waals surface area contributed by atoms with E-state index in [-0.39, 0.29) is 18.6 Å². The lowest BCUT2D eigenvalue weighted by molar-refractivity contribution is -0.140. The molecule has 32 heavy (non-hydrogen) atoms. The van der Waals surface area contributed by atoms with Crippen molar-refractivity contribution in [3.8, 4) is 0 Å². The molecule has 1 heterocycles. The van der Waals surface area contributed by atoms with Gasteiger partial charge in [0.1, 0.15) is 23.8 Å². The molecule has 5 nitrogen and oxygen atoms in total. The smallest absolute Gasteiger partial charge is 0.341 e. The van der Waals surface area contributed by atoms with Gasteiger partial charge < -0.3 is 9.47 Å². The quantitative estimate of drug-likeness (QED) is 0.456. The number of halogens is 2. The van der Waals surface area contributed by atoms with Crippen molar-refractivity contribution in [2.75, 3.05) is 0 Å². The molecular weight excluding hydrogens is 418 g/mol. The molecule has 0 saturated carbocycles. The monoisotopic (exact) mass is 444 g/mol. The minimum Gasteiger partial charge on any atom is -0.457 e. The lowest BCUT2D eigenvalue weighted by Crippen LogP contribution is -2.43. The number of rotatable bonds is 6. The van der Waals surface area contributed by atoms with Crippen LogP contribution in [0.3, 0.4) is 0 Å². The van der Waals surface area contributed by atoms with Gasteiger partial charge in [0.15, 0.2) is 5.78 Å². The number of ether oxygens (including phenoxy) is 2. The molecular formula is C25H26F2O5. The number of carbonyl (C=O) groups is 3. The molecule has 1 spiro atoms. The number of ketones is 1. The van der Waals surface area contributed by atoms with Crippen molar-refractivity contribution in [2.45, 2.75) is 58.7 Å². The van der Waals surface area contributed by atoms with Crippen LogP contribution in [0, 0.1) is 17.0 Å². The van der Waals surface area contributed by atoms with Crippen LogP contribution < -0.4 is 0 Å². The maximum atomic E-state index is 13.9. The van der Waals surface area contributed by atoms with Gasteiger partial charge in [0.05, 0.1) is 17.4 Å². The summed E-state index contributed by atoms with van der Waals surface area (Å²) in [5.41, 5.74) is 0.592. The van der Waals surface area contributed by atoms with E-state index in [4.69, 9.17) is 9.47 Å². The second kappa shape index (κ2) is 9.59. The van der Waals surface area contributed by atoms with E-state index in [0.717, 1.165) is 30.5 Å². The topological polar surface area (TPSA) is 69.7 Å². The number of cyclic esters (lactones) is 1. The van der Waals surface area contributed by atoms with Gasteiger partial charge in [0.25, 0.3) is 0 Å². The lowest BCUT2D eigenvalue weighted by Gasteiger charge is -2.34. The van der Waals surface area contributed by atoms with Crippen LogP contribution in [-0.4, -0.2) is 29.9 Å². The van der Waals surface area contributed by atoms with Crippen molar-refractivity contribution in [3.05, 3.63) is 70.8 Å². The van der Waals surface area contributed by atoms with Crippen molar-refractivity contribution in [1.29, 1.82) is 0 Å². The maximum absolute atomic E-state index is 13.9. The fourth-order valence-electron chi connectivity index (χ4n) is 4.02. The first-order valence-corrected chi connectivity index (χ1v) is 10.5. The first kappa shape index (κ1) is 23.6. The van der Waals surface area contributed by atoms with Crippen molar-refractivity contribution in [1.82, 2.24) is 0 Å². The van der Waals surface area contributed by atoms with E-state index in [1.54, 1.807) is 6.08 Å². The van der Waals surface area contributed by atoms with Crippen LogP contribution in [0.25, 0.3) is 0 Å². The molecule has 0 bridgehead atoms. The molecule has 1 unspecified atom stereocenters. The third kappa shape index (κ3) is 5.21. The van der Waals surface area contributed by atoms with Crippen LogP contribution in [0.4, 0.5) is 8.78 Å². The van der Waals surface area contributed by atoms with E-state index in [2.05, 4.69) is 6.08 Å². The molecule has 1 aliphatic heterocycles. The number of allylic oxidation sites excluding steroid dienone is 4. The third-order valence-electron chi connectivity index (χ3n) is 5.72. The van der Waals surface area contributed by atoms with Crippen molar-refractivity contribution in [3.63, 3.8) is 0 Å². The van der Waals surface area contributed by atoms with Gasteiger partial charge in [-0.2, -0.15) is 0 Å². The Morgan fingerprint density at radius 3 is 2.69 bits per heavy atom. The van der Waals surface area contributed by atoms with Crippen LogP contribution in [0.15, 0.2) is 53.6 Å². The first-order valence-electron chi connectivity index (χ1n) is 10.5. The van der Waals surface area contributed by atoms with Crippen molar-refractivity contribution < 1.29 is 32.6 Å². The van der Waals surface area contributed by atoms with Gasteiger partial charge in [-0.3, -0.25) is 9.59 Å². The van der Waals surface area contributed by atoms with Crippen LogP contribution >= 0.6 is 0 Å². The molecule has 0 amide bonds. The molecule has 0 N–H and O–H groups in total.